The Morgan fingerprint density at radius 1 is 1.17 bits per heavy atom. The summed E-state index contributed by atoms with van der Waals surface area (Å²) >= 11 is 3.14. The van der Waals surface area contributed by atoms with Crippen molar-refractivity contribution in [2.24, 2.45) is 3.21 Å². The van der Waals surface area contributed by atoms with Crippen LogP contribution in [0.2, 0.25) is 8.87 Å². The first-order valence-electron chi connectivity index (χ1n) is 4.92. The minimum absolute atomic E-state index is 1.30. The van der Waals surface area contributed by atoms with Crippen molar-refractivity contribution < 1.29 is 0 Å². The van der Waals surface area contributed by atoms with Crippen molar-refractivity contribution in [1.29, 1.82) is 0 Å². The van der Waals surface area contributed by atoms with E-state index in [1.165, 1.54) is 34.6 Å². The topological polar surface area (TPSA) is 12.4 Å². The third kappa shape index (κ3) is 7.26. The molecule has 0 rings (SSSR count). The summed E-state index contributed by atoms with van der Waals surface area (Å²) in [5.74, 6) is 0. The zero-order valence-corrected chi connectivity index (χ0v) is 12.3. The summed E-state index contributed by atoms with van der Waals surface area (Å²) in [6, 6.07) is 0. The fourth-order valence-electron chi connectivity index (χ4n) is 1.23. The van der Waals surface area contributed by atoms with E-state index in [0.29, 0.717) is 0 Å². The standard InChI is InChI=1S/2C4H9.CNS.Sn.H/c2*1-3-4-2;2-1-3;;/h2*1,3-4H2,2H3;;;/q;;-1;+1;. The quantitative estimate of drug-likeness (QED) is 0.398. The Kier molecular flexibility index (Phi) is 10.2. The Morgan fingerprint density at radius 2 is 1.67 bits per heavy atom. The molecule has 0 aliphatic heterocycles. The molecule has 0 saturated heterocycles. The van der Waals surface area contributed by atoms with Gasteiger partial charge in [-0.2, -0.15) is 0 Å². The average molecular weight is 292 g/mol. The normalized spacial score (nSPS) is 9.92. The van der Waals surface area contributed by atoms with E-state index in [-0.39, 0.29) is 0 Å². The second-order valence-electron chi connectivity index (χ2n) is 3.16. The summed E-state index contributed by atoms with van der Waals surface area (Å²) in [6.45, 7) is 4.48. The Bertz CT molecular complexity index is 135. The van der Waals surface area contributed by atoms with Crippen LogP contribution < -0.4 is 0 Å². The molecule has 0 heterocycles. The molecular formula is C9H19NSSn. The van der Waals surface area contributed by atoms with Gasteiger partial charge in [-0.25, -0.2) is 0 Å². The molecule has 0 N–H and O–H groups in total. The molecule has 0 radical (unpaired) electrons. The van der Waals surface area contributed by atoms with Gasteiger partial charge in [0.25, 0.3) is 0 Å². The monoisotopic (exact) mass is 293 g/mol. The second-order valence-corrected chi connectivity index (χ2v) is 11.1. The van der Waals surface area contributed by atoms with Gasteiger partial charge in [0, 0.05) is 0 Å². The molecule has 0 atom stereocenters. The zero-order valence-electron chi connectivity index (χ0n) is 8.18. The predicted molar refractivity (Wildman–Crippen MR) is 61.6 cm³/mol. The Morgan fingerprint density at radius 3 is 2.00 bits per heavy atom. The van der Waals surface area contributed by atoms with Gasteiger partial charge in [0.05, 0.1) is 0 Å². The maximum absolute atomic E-state index is 4.66. The van der Waals surface area contributed by atoms with Crippen LogP contribution in [0.5, 0.6) is 0 Å². The summed E-state index contributed by atoms with van der Waals surface area (Å²) in [4.78, 5) is 0. The van der Waals surface area contributed by atoms with Crippen LogP contribution >= 0.6 is 12.2 Å². The first kappa shape index (κ1) is 12.6. The summed E-state index contributed by atoms with van der Waals surface area (Å²) in [5.41, 5.74) is 0. The van der Waals surface area contributed by atoms with Gasteiger partial charge in [-0.05, 0) is 0 Å². The molecule has 0 amide bonds. The molecule has 0 aromatic carbocycles. The molecule has 12 heavy (non-hydrogen) atoms. The first-order valence-corrected chi connectivity index (χ1v) is 11.5. The summed E-state index contributed by atoms with van der Waals surface area (Å²) in [7, 11) is 0. The molecule has 0 bridgehead atoms. The third-order valence-corrected chi connectivity index (χ3v) is 10.2. The van der Waals surface area contributed by atoms with E-state index in [4.69, 9.17) is 0 Å². The number of hydrogen-bond donors (Lipinski definition) is 0. The Balaban J connectivity index is 3.61. The second kappa shape index (κ2) is 9.68. The summed E-state index contributed by atoms with van der Waals surface area (Å²) in [6.07, 6.45) is 5.30. The van der Waals surface area contributed by atoms with Crippen LogP contribution in [0.3, 0.4) is 0 Å². The minimum atomic E-state index is -1.53. The van der Waals surface area contributed by atoms with E-state index in [1.807, 2.05) is 0 Å². The number of nitrogens with zero attached hydrogens (tertiary/aromatic N) is 1. The molecule has 1 nitrogen and oxygen atoms in total. The predicted octanol–water partition coefficient (Wildman–Crippen LogP) is 3.41. The molecule has 0 aliphatic rings. The van der Waals surface area contributed by atoms with E-state index < -0.39 is 20.0 Å². The van der Waals surface area contributed by atoms with Crippen molar-refractivity contribution in [2.75, 3.05) is 0 Å². The van der Waals surface area contributed by atoms with E-state index in [1.54, 1.807) is 0 Å². The van der Waals surface area contributed by atoms with Gasteiger partial charge in [-0.15, -0.1) is 0 Å². The molecule has 3 heteroatoms. The molecular weight excluding hydrogens is 273 g/mol. The molecule has 0 fully saturated rings. The molecule has 0 spiro atoms. The van der Waals surface area contributed by atoms with Crippen LogP contribution in [0.1, 0.15) is 39.5 Å². The van der Waals surface area contributed by atoms with Gasteiger partial charge in [0.2, 0.25) is 0 Å². The van der Waals surface area contributed by atoms with Gasteiger partial charge in [-0.1, -0.05) is 0 Å². The van der Waals surface area contributed by atoms with Crippen molar-refractivity contribution in [3.8, 4) is 0 Å². The van der Waals surface area contributed by atoms with Crippen molar-refractivity contribution in [3.05, 3.63) is 0 Å². The van der Waals surface area contributed by atoms with Crippen molar-refractivity contribution in [1.82, 2.24) is 0 Å². The average Bonchev–Trinajstić information content (AvgIpc) is 2.10. The molecule has 0 saturated carbocycles. The molecule has 0 unspecified atom stereocenters. The van der Waals surface area contributed by atoms with Crippen LogP contribution in [0.15, 0.2) is 3.21 Å². The van der Waals surface area contributed by atoms with E-state index in [9.17, 15) is 0 Å². The van der Waals surface area contributed by atoms with Gasteiger partial charge in [0.15, 0.2) is 0 Å². The van der Waals surface area contributed by atoms with Crippen LogP contribution in [-0.4, -0.2) is 25.2 Å². The molecule has 70 valence electrons. The van der Waals surface area contributed by atoms with Gasteiger partial charge < -0.3 is 0 Å². The van der Waals surface area contributed by atoms with Gasteiger partial charge in [-0.3, -0.25) is 0 Å². The van der Waals surface area contributed by atoms with Gasteiger partial charge in [0.1, 0.15) is 0 Å². The number of rotatable bonds is 7. The summed E-state index contributed by atoms with van der Waals surface area (Å²) < 4.78 is 7.16. The van der Waals surface area contributed by atoms with E-state index in [2.05, 4.69) is 34.4 Å². The molecule has 0 aliphatic carbocycles. The summed E-state index contributed by atoms with van der Waals surface area (Å²) in [5, 5.41) is 2.59. The van der Waals surface area contributed by atoms with Crippen molar-refractivity contribution >= 4 is 37.4 Å². The van der Waals surface area contributed by atoms with Crippen LogP contribution in [0.4, 0.5) is 0 Å². The number of isothiocyanates is 1. The number of unbranched alkanes of at least 4 members (excludes halogenated alkanes) is 2. The van der Waals surface area contributed by atoms with Gasteiger partial charge >= 0.3 is 89.0 Å². The number of hydrogen-bond acceptors (Lipinski definition) is 2. The zero-order chi connectivity index (χ0) is 9.23. The fraction of sp³-hybridized carbons (Fsp3) is 0.889. The van der Waals surface area contributed by atoms with Crippen molar-refractivity contribution in [2.45, 2.75) is 48.4 Å². The van der Waals surface area contributed by atoms with Crippen LogP contribution in [-0.2, 0) is 0 Å². The van der Waals surface area contributed by atoms with E-state index in [0.717, 1.165) is 0 Å². The molecule has 0 aromatic heterocycles. The van der Waals surface area contributed by atoms with Crippen LogP contribution in [0.25, 0.3) is 0 Å². The molecule has 0 aromatic rings. The Hall–Kier alpha value is 0.599. The maximum atomic E-state index is 4.66. The Labute approximate surface area is 88.7 Å². The fourth-order valence-corrected chi connectivity index (χ4v) is 9.23. The first-order chi connectivity index (χ1) is 5.85. The van der Waals surface area contributed by atoms with E-state index >= 15 is 0 Å². The third-order valence-electron chi connectivity index (χ3n) is 2.02. The SMILES string of the molecule is CCC[CH2][SnH]([CH2]CCC)[N]=C=S. The van der Waals surface area contributed by atoms with Crippen molar-refractivity contribution in [3.63, 3.8) is 0 Å². The number of thiocarbonyl (C=S) groups is 1. The van der Waals surface area contributed by atoms with Crippen LogP contribution in [0, 0.1) is 0 Å².